The van der Waals surface area contributed by atoms with E-state index in [2.05, 4.69) is 10.3 Å². The summed E-state index contributed by atoms with van der Waals surface area (Å²) in [5, 5.41) is 16.9. The number of carboxylic acids is 1. The first-order chi connectivity index (χ1) is 15.3. The van der Waals surface area contributed by atoms with Gasteiger partial charge in [0.05, 0.1) is 23.4 Å². The summed E-state index contributed by atoms with van der Waals surface area (Å²) in [6, 6.07) is 14.0. The molecule has 2 rings (SSSR count). The smallest absolute Gasteiger partial charge is 0.416 e. The molecule has 0 atom stereocenters. The van der Waals surface area contributed by atoms with E-state index in [1.165, 1.54) is 12.1 Å². The Morgan fingerprint density at radius 1 is 0.875 bits per heavy atom. The Kier molecular flexibility index (Phi) is 9.72. The van der Waals surface area contributed by atoms with Gasteiger partial charge in [-0.1, -0.05) is 52.8 Å². The molecule has 0 saturated carbocycles. The van der Waals surface area contributed by atoms with Gasteiger partial charge in [0, 0.05) is 6.42 Å². The number of aliphatic carboxylic acids is 1. The number of unbranched alkanes of at least 4 members (excludes halogenated alkanes) is 1. The van der Waals surface area contributed by atoms with E-state index in [0.717, 1.165) is 17.7 Å². The zero-order valence-electron chi connectivity index (χ0n) is 17.6. The number of carboxylic acid groups (broad SMARTS) is 1. The third-order valence-electron chi connectivity index (χ3n) is 4.41. The predicted octanol–water partition coefficient (Wildman–Crippen LogP) is 5.51. The molecule has 0 unspecified atom stereocenters. The van der Waals surface area contributed by atoms with E-state index in [-0.39, 0.29) is 12.8 Å². The van der Waals surface area contributed by atoms with Crippen molar-refractivity contribution in [1.82, 2.24) is 0 Å². The molecule has 0 aliphatic rings. The van der Waals surface area contributed by atoms with Crippen LogP contribution in [0.15, 0.2) is 64.9 Å². The molecule has 0 aliphatic carbocycles. The van der Waals surface area contributed by atoms with Gasteiger partial charge in [-0.3, -0.25) is 4.79 Å². The topological polar surface area (TPSA) is 80.5 Å². The van der Waals surface area contributed by atoms with Gasteiger partial charge < -0.3 is 14.8 Å². The normalized spacial score (nSPS) is 12.5. The van der Waals surface area contributed by atoms with Crippen molar-refractivity contribution in [1.29, 1.82) is 0 Å². The van der Waals surface area contributed by atoms with E-state index >= 15 is 0 Å². The van der Waals surface area contributed by atoms with Gasteiger partial charge >= 0.3 is 12.1 Å². The zero-order chi connectivity index (χ0) is 23.4. The Morgan fingerprint density at radius 2 is 1.47 bits per heavy atom. The minimum Gasteiger partial charge on any atom is -0.481 e. The molecule has 0 saturated heterocycles. The summed E-state index contributed by atoms with van der Waals surface area (Å²) >= 11 is 0. The van der Waals surface area contributed by atoms with Gasteiger partial charge in [-0.15, -0.1) is 0 Å². The molecule has 6 nitrogen and oxygen atoms in total. The van der Waals surface area contributed by atoms with Crippen molar-refractivity contribution >= 4 is 17.4 Å². The van der Waals surface area contributed by atoms with E-state index in [9.17, 15) is 18.0 Å². The molecular weight excluding hydrogens is 425 g/mol. The molecule has 0 bridgehead atoms. The number of oxime groups is 2. The summed E-state index contributed by atoms with van der Waals surface area (Å²) < 4.78 is 37.8. The summed E-state index contributed by atoms with van der Waals surface area (Å²) in [7, 11) is 0. The highest BCUT2D eigenvalue weighted by atomic mass is 19.4. The van der Waals surface area contributed by atoms with E-state index in [1.54, 1.807) is 6.92 Å². The Labute approximate surface area is 184 Å². The monoisotopic (exact) mass is 450 g/mol. The fourth-order valence-corrected chi connectivity index (χ4v) is 2.65. The minimum atomic E-state index is -4.37. The molecule has 32 heavy (non-hydrogen) atoms. The van der Waals surface area contributed by atoms with Crippen molar-refractivity contribution in [3.8, 4) is 0 Å². The second-order valence-electron chi connectivity index (χ2n) is 6.92. The fraction of sp³-hybridized carbons (Fsp3) is 0.348. The number of alkyl halides is 3. The number of halogens is 3. The molecule has 9 heteroatoms. The highest BCUT2D eigenvalue weighted by Gasteiger charge is 2.29. The van der Waals surface area contributed by atoms with Crippen molar-refractivity contribution in [2.75, 3.05) is 13.2 Å². The summed E-state index contributed by atoms with van der Waals surface area (Å²) in [6.45, 7) is 2.30. The Morgan fingerprint density at radius 3 is 2.03 bits per heavy atom. The average Bonchev–Trinajstić information content (AvgIpc) is 2.77. The van der Waals surface area contributed by atoms with Gasteiger partial charge in [0.15, 0.2) is 0 Å². The number of hydrogen-bond acceptors (Lipinski definition) is 5. The minimum absolute atomic E-state index is 0.0405. The lowest BCUT2D eigenvalue weighted by molar-refractivity contribution is -0.138. The number of benzene rings is 2. The van der Waals surface area contributed by atoms with Gasteiger partial charge in [0.25, 0.3) is 0 Å². The second-order valence-corrected chi connectivity index (χ2v) is 6.92. The molecule has 2 aromatic rings. The van der Waals surface area contributed by atoms with Crippen LogP contribution in [0.3, 0.4) is 0 Å². The summed E-state index contributed by atoms with van der Waals surface area (Å²) in [4.78, 5) is 21.4. The number of rotatable bonds is 12. The molecular formula is C23H25F3N2O4. The third-order valence-corrected chi connectivity index (χ3v) is 4.41. The summed E-state index contributed by atoms with van der Waals surface area (Å²) in [6.07, 6.45) is -2.87. The van der Waals surface area contributed by atoms with Crippen molar-refractivity contribution in [2.45, 2.75) is 38.8 Å². The maximum atomic E-state index is 12.6. The van der Waals surface area contributed by atoms with Gasteiger partial charge in [0.1, 0.15) is 13.2 Å². The highest BCUT2D eigenvalue weighted by molar-refractivity contribution is 6.01. The van der Waals surface area contributed by atoms with Crippen LogP contribution in [0.5, 0.6) is 0 Å². The van der Waals surface area contributed by atoms with E-state index in [4.69, 9.17) is 14.8 Å². The third kappa shape index (κ3) is 8.79. The summed E-state index contributed by atoms with van der Waals surface area (Å²) in [5.41, 5.74) is 1.69. The molecule has 0 amide bonds. The first-order valence-electron chi connectivity index (χ1n) is 10.1. The molecule has 0 spiro atoms. The van der Waals surface area contributed by atoms with Crippen LogP contribution in [0.4, 0.5) is 13.2 Å². The first-order valence-corrected chi connectivity index (χ1v) is 10.1. The fourth-order valence-electron chi connectivity index (χ4n) is 2.65. The van der Waals surface area contributed by atoms with E-state index < -0.39 is 17.7 Å². The van der Waals surface area contributed by atoms with Crippen LogP contribution in [0.2, 0.25) is 0 Å². The Bertz CT molecular complexity index is 911. The molecule has 0 aromatic heterocycles. The van der Waals surface area contributed by atoms with Crippen LogP contribution >= 0.6 is 0 Å². The lowest BCUT2D eigenvalue weighted by atomic mass is 10.1. The molecule has 0 fully saturated rings. The Hall–Kier alpha value is -3.36. The van der Waals surface area contributed by atoms with Crippen LogP contribution in [0, 0.1) is 0 Å². The van der Waals surface area contributed by atoms with Crippen LogP contribution in [-0.2, 0) is 20.6 Å². The van der Waals surface area contributed by atoms with Crippen molar-refractivity contribution < 1.29 is 32.7 Å². The second kappa shape index (κ2) is 12.5. The van der Waals surface area contributed by atoms with E-state index in [1.807, 2.05) is 30.3 Å². The quantitative estimate of drug-likeness (QED) is 0.263. The molecule has 172 valence electrons. The van der Waals surface area contributed by atoms with Crippen molar-refractivity contribution in [3.05, 3.63) is 71.3 Å². The maximum absolute atomic E-state index is 12.6. The Balaban J connectivity index is 1.73. The zero-order valence-corrected chi connectivity index (χ0v) is 17.6. The number of nitrogens with zero attached hydrogens (tertiary/aromatic N) is 2. The SMILES string of the molecule is C/C(=N\OCCCCO/N=C(/CCC(=O)O)c1ccccc1)c1ccc(C(F)(F)F)cc1. The van der Waals surface area contributed by atoms with Crippen LogP contribution < -0.4 is 0 Å². The highest BCUT2D eigenvalue weighted by Crippen LogP contribution is 2.29. The molecule has 2 aromatic carbocycles. The van der Waals surface area contributed by atoms with Gasteiger partial charge in [-0.2, -0.15) is 13.2 Å². The lowest BCUT2D eigenvalue weighted by Gasteiger charge is -2.07. The number of hydrogen-bond donors (Lipinski definition) is 1. The largest absolute Gasteiger partial charge is 0.481 e. The van der Waals surface area contributed by atoms with Gasteiger partial charge in [0.2, 0.25) is 0 Å². The predicted molar refractivity (Wildman–Crippen MR) is 115 cm³/mol. The first kappa shape index (κ1) is 24.9. The van der Waals surface area contributed by atoms with E-state index in [0.29, 0.717) is 43.0 Å². The summed E-state index contributed by atoms with van der Waals surface area (Å²) in [5.74, 6) is -0.905. The van der Waals surface area contributed by atoms with Crippen molar-refractivity contribution in [2.24, 2.45) is 10.3 Å². The van der Waals surface area contributed by atoms with Crippen molar-refractivity contribution in [3.63, 3.8) is 0 Å². The molecule has 0 aliphatic heterocycles. The number of carbonyl (C=O) groups is 1. The van der Waals surface area contributed by atoms with Crippen LogP contribution in [0.25, 0.3) is 0 Å². The van der Waals surface area contributed by atoms with Crippen LogP contribution in [0.1, 0.15) is 49.3 Å². The molecule has 0 heterocycles. The standard InChI is InChI=1S/C23H25F3N2O4/c1-17(18-9-11-20(12-10-18)23(24,25)26)27-31-15-5-6-16-32-28-21(13-14-22(29)30)19-7-3-2-4-8-19/h2-4,7-12H,5-6,13-16H2,1H3,(H,29,30)/b27-17+,28-21-. The van der Waals surface area contributed by atoms with Crippen LogP contribution in [-0.4, -0.2) is 35.7 Å². The maximum Gasteiger partial charge on any atom is 0.416 e. The lowest BCUT2D eigenvalue weighted by Crippen LogP contribution is -2.06. The molecule has 1 N–H and O–H groups in total. The average molecular weight is 450 g/mol. The molecule has 0 radical (unpaired) electrons. The van der Waals surface area contributed by atoms with Gasteiger partial charge in [-0.05, 0) is 43.0 Å². The van der Waals surface area contributed by atoms with Gasteiger partial charge in [-0.25, -0.2) is 0 Å².